The minimum atomic E-state index is -3.46. The van der Waals surface area contributed by atoms with E-state index in [1.165, 1.54) is 28.4 Å². The number of rotatable bonds is 13. The third-order valence-electron chi connectivity index (χ3n) is 6.90. The van der Waals surface area contributed by atoms with Crippen LogP contribution in [0.25, 0.3) is 6.08 Å². The highest BCUT2D eigenvalue weighted by Gasteiger charge is 2.48. The van der Waals surface area contributed by atoms with Gasteiger partial charge in [-0.15, -0.1) is 0 Å². The van der Waals surface area contributed by atoms with Crippen LogP contribution in [-0.2, 0) is 36.8 Å². The molecule has 0 amide bonds. The second-order valence-electron chi connectivity index (χ2n) is 9.43. The predicted molar refractivity (Wildman–Crippen MR) is 148 cm³/mol. The fourth-order valence-corrected chi connectivity index (χ4v) is 5.79. The third kappa shape index (κ3) is 8.74. The summed E-state index contributed by atoms with van der Waals surface area (Å²) in [5.41, 5.74) is 2.93. The number of hydrogen-bond donors (Lipinski definition) is 0. The first-order valence-corrected chi connectivity index (χ1v) is 14.5. The smallest absolute Gasteiger partial charge is 0.466 e. The largest absolute Gasteiger partial charge is 0.751 e. The van der Waals surface area contributed by atoms with Gasteiger partial charge in [-0.1, -0.05) is 63.4 Å². The molecule has 0 aromatic heterocycles. The number of ether oxygens (including phenoxy) is 2. The van der Waals surface area contributed by atoms with Crippen LogP contribution in [0.2, 0.25) is 0 Å². The molecule has 4 unspecified atom stereocenters. The van der Waals surface area contributed by atoms with Crippen molar-refractivity contribution in [2.75, 3.05) is 28.4 Å². The minimum Gasteiger partial charge on any atom is -0.466 e. The van der Waals surface area contributed by atoms with Crippen LogP contribution in [0.1, 0.15) is 62.5 Å². The molecular formula is C29H42O8Si. The standard InChI is InChI=1S/C18H26O5Si.C11H16O3/c1-7-10-17(16-12-9-11-15(8-2)13-16)14(3)18(19)23-24(20-4,21-5)22-6;1-7(11(12)13-2)5-8-3-4-9-10(6-8)14-9/h8-9,11-13,17H,2-3,7,10H2,1,4-6H3;8-10H,1,3-6H2,2H3. The molecule has 0 spiro atoms. The summed E-state index contributed by atoms with van der Waals surface area (Å²) in [5.74, 6) is -0.441. The van der Waals surface area contributed by atoms with Crippen LogP contribution in [0.15, 0.2) is 55.1 Å². The highest BCUT2D eigenvalue weighted by Crippen LogP contribution is 2.41. The second-order valence-corrected chi connectivity index (χ2v) is 11.9. The monoisotopic (exact) mass is 546 g/mol. The molecule has 0 bridgehead atoms. The first-order valence-electron chi connectivity index (χ1n) is 12.9. The van der Waals surface area contributed by atoms with E-state index >= 15 is 0 Å². The SMILES string of the molecule is C=C(CC1CCC2OC2C1)C(=O)OC.C=Cc1cccc(C(CCC)C(=C)C(=O)O[Si](OC)(OC)OC)c1. The molecule has 210 valence electrons. The van der Waals surface area contributed by atoms with Crippen LogP contribution in [0.4, 0.5) is 0 Å². The number of carbonyl (C=O) groups excluding carboxylic acids is 2. The maximum absolute atomic E-state index is 12.5. The highest BCUT2D eigenvalue weighted by molar-refractivity contribution is 6.55. The quantitative estimate of drug-likeness (QED) is 0.141. The van der Waals surface area contributed by atoms with E-state index in [-0.39, 0.29) is 11.9 Å². The van der Waals surface area contributed by atoms with Crippen LogP contribution in [0, 0.1) is 5.92 Å². The van der Waals surface area contributed by atoms with Crippen molar-refractivity contribution in [1.29, 1.82) is 0 Å². The van der Waals surface area contributed by atoms with Crippen molar-refractivity contribution in [2.45, 2.75) is 63.6 Å². The summed E-state index contributed by atoms with van der Waals surface area (Å²) in [6.45, 7) is 13.5. The summed E-state index contributed by atoms with van der Waals surface area (Å²) in [6, 6.07) is 7.87. The molecule has 4 atom stereocenters. The van der Waals surface area contributed by atoms with Gasteiger partial charge in [0.2, 0.25) is 0 Å². The molecule has 1 aromatic carbocycles. The molecule has 9 heteroatoms. The molecule has 0 N–H and O–H groups in total. The van der Waals surface area contributed by atoms with E-state index < -0.39 is 15.0 Å². The Balaban J connectivity index is 0.000000304. The average molecular weight is 547 g/mol. The highest BCUT2D eigenvalue weighted by atomic mass is 28.4. The second kappa shape index (κ2) is 15.1. The Morgan fingerprint density at radius 1 is 1.08 bits per heavy atom. The lowest BCUT2D eigenvalue weighted by Gasteiger charge is -2.25. The maximum atomic E-state index is 12.5. The zero-order valence-corrected chi connectivity index (χ0v) is 24.3. The summed E-state index contributed by atoms with van der Waals surface area (Å²) in [6.07, 6.45) is 8.58. The Kier molecular flexibility index (Phi) is 12.6. The van der Waals surface area contributed by atoms with Crippen LogP contribution in [-0.4, -0.2) is 61.6 Å². The van der Waals surface area contributed by atoms with Crippen molar-refractivity contribution in [3.63, 3.8) is 0 Å². The predicted octanol–water partition coefficient (Wildman–Crippen LogP) is 5.36. The molecule has 8 nitrogen and oxygen atoms in total. The molecule has 1 aromatic rings. The Hall–Kier alpha value is -2.56. The van der Waals surface area contributed by atoms with Crippen molar-refractivity contribution in [1.82, 2.24) is 0 Å². The molecule has 1 saturated carbocycles. The Morgan fingerprint density at radius 2 is 1.76 bits per heavy atom. The summed E-state index contributed by atoms with van der Waals surface area (Å²) >= 11 is 0. The van der Waals surface area contributed by atoms with Gasteiger partial charge in [-0.25, -0.2) is 9.59 Å². The Labute approximate surface area is 228 Å². The first-order chi connectivity index (χ1) is 18.2. The summed E-state index contributed by atoms with van der Waals surface area (Å²) in [7, 11) is 2.08. The van der Waals surface area contributed by atoms with Crippen LogP contribution >= 0.6 is 0 Å². The lowest BCUT2D eigenvalue weighted by molar-refractivity contribution is -0.139. The van der Waals surface area contributed by atoms with Gasteiger partial charge in [-0.3, -0.25) is 0 Å². The van der Waals surface area contributed by atoms with Crippen molar-refractivity contribution in [3.8, 4) is 0 Å². The zero-order valence-electron chi connectivity index (χ0n) is 23.3. The third-order valence-corrected chi connectivity index (χ3v) is 8.83. The summed E-state index contributed by atoms with van der Waals surface area (Å²) in [4.78, 5) is 23.7. The lowest BCUT2D eigenvalue weighted by atomic mass is 9.85. The van der Waals surface area contributed by atoms with Gasteiger partial charge in [0, 0.05) is 38.4 Å². The number of benzene rings is 1. The van der Waals surface area contributed by atoms with E-state index in [2.05, 4.69) is 31.4 Å². The fourth-order valence-electron chi connectivity index (χ4n) is 4.68. The molecule has 0 radical (unpaired) electrons. The molecule has 1 heterocycles. The van der Waals surface area contributed by atoms with Gasteiger partial charge in [0.25, 0.3) is 0 Å². The van der Waals surface area contributed by atoms with Gasteiger partial charge >= 0.3 is 21.0 Å². The van der Waals surface area contributed by atoms with Crippen LogP contribution in [0.5, 0.6) is 0 Å². The van der Waals surface area contributed by atoms with E-state index in [4.69, 9.17) is 22.4 Å². The van der Waals surface area contributed by atoms with E-state index in [1.807, 2.05) is 24.3 Å². The molecule has 1 aliphatic carbocycles. The van der Waals surface area contributed by atoms with E-state index in [1.54, 1.807) is 6.08 Å². The zero-order chi connectivity index (χ0) is 28.3. The van der Waals surface area contributed by atoms with Gasteiger partial charge in [-0.2, -0.15) is 0 Å². The first kappa shape index (κ1) is 31.7. The molecule has 2 aliphatic rings. The van der Waals surface area contributed by atoms with Gasteiger partial charge in [0.05, 0.1) is 19.3 Å². The fraction of sp³-hybridized carbons (Fsp3) is 0.517. The summed E-state index contributed by atoms with van der Waals surface area (Å²) < 4.78 is 30.8. The lowest BCUT2D eigenvalue weighted by Crippen LogP contribution is -2.48. The van der Waals surface area contributed by atoms with E-state index in [0.29, 0.717) is 29.3 Å². The van der Waals surface area contributed by atoms with Gasteiger partial charge < -0.3 is 27.2 Å². The number of methoxy groups -OCH3 is 1. The number of esters is 1. The van der Waals surface area contributed by atoms with Crippen LogP contribution in [0.3, 0.4) is 0 Å². The maximum Gasteiger partial charge on any atom is 0.751 e. The molecular weight excluding hydrogens is 504 g/mol. The number of fused-ring (bicyclic) bond motifs is 1. The molecule has 3 rings (SSSR count). The van der Waals surface area contributed by atoms with Crippen LogP contribution < -0.4 is 0 Å². The molecule has 38 heavy (non-hydrogen) atoms. The van der Waals surface area contributed by atoms with Gasteiger partial charge in [-0.05, 0) is 49.1 Å². The minimum absolute atomic E-state index is 0.153. The summed E-state index contributed by atoms with van der Waals surface area (Å²) in [5, 5.41) is 0. The number of hydrogen-bond acceptors (Lipinski definition) is 8. The topological polar surface area (TPSA) is 92.8 Å². The van der Waals surface area contributed by atoms with Crippen molar-refractivity contribution < 1.29 is 36.8 Å². The molecule has 1 aliphatic heterocycles. The van der Waals surface area contributed by atoms with Gasteiger partial charge in [0.1, 0.15) is 0 Å². The van der Waals surface area contributed by atoms with Crippen molar-refractivity contribution in [2.24, 2.45) is 5.92 Å². The van der Waals surface area contributed by atoms with Gasteiger partial charge in [0.15, 0.2) is 0 Å². The van der Waals surface area contributed by atoms with E-state index in [9.17, 15) is 9.59 Å². The molecule has 1 saturated heterocycles. The van der Waals surface area contributed by atoms with E-state index in [0.717, 1.165) is 49.7 Å². The van der Waals surface area contributed by atoms with Crippen molar-refractivity contribution in [3.05, 3.63) is 66.3 Å². The Morgan fingerprint density at radius 3 is 2.32 bits per heavy atom. The number of carbonyl (C=O) groups is 2. The molecule has 2 fully saturated rings. The number of epoxide rings is 1. The normalized spacial score (nSPS) is 20.6. The van der Waals surface area contributed by atoms with Crippen molar-refractivity contribution >= 4 is 27.1 Å². The average Bonchev–Trinajstić information content (AvgIpc) is 3.73. The Bertz CT molecular complexity index is 978.